The van der Waals surface area contributed by atoms with Gasteiger partial charge in [0.25, 0.3) is 0 Å². The van der Waals surface area contributed by atoms with Gasteiger partial charge in [-0.15, -0.1) is 0 Å². The van der Waals surface area contributed by atoms with Gasteiger partial charge in [0.15, 0.2) is 11.6 Å². The molecule has 2 rings (SSSR count). The number of pyridine rings is 1. The minimum Gasteiger partial charge on any atom is -0.351 e. The molecule has 0 spiro atoms. The van der Waals surface area contributed by atoms with E-state index in [1.807, 2.05) is 0 Å². The van der Waals surface area contributed by atoms with Crippen LogP contribution in [0.4, 0.5) is 10.2 Å². The molecular weight excluding hydrogens is 205 g/mol. The summed E-state index contributed by atoms with van der Waals surface area (Å²) in [5, 5.41) is 0. The predicted molar refractivity (Wildman–Crippen MR) is 62.9 cm³/mol. The van der Waals surface area contributed by atoms with E-state index >= 15 is 0 Å². The van der Waals surface area contributed by atoms with Gasteiger partial charge in [-0.3, -0.25) is 0 Å². The number of hydrogen-bond acceptors (Lipinski definition) is 3. The van der Waals surface area contributed by atoms with Crippen LogP contribution >= 0.6 is 0 Å². The molecule has 1 aliphatic heterocycles. The molecule has 16 heavy (non-hydrogen) atoms. The van der Waals surface area contributed by atoms with E-state index in [4.69, 9.17) is 5.73 Å². The number of rotatable bonds is 4. The first-order chi connectivity index (χ1) is 7.83. The molecule has 0 aliphatic carbocycles. The van der Waals surface area contributed by atoms with Crippen molar-refractivity contribution in [3.05, 3.63) is 24.1 Å². The number of halogens is 1. The van der Waals surface area contributed by atoms with Crippen LogP contribution < -0.4 is 10.6 Å². The summed E-state index contributed by atoms with van der Waals surface area (Å²) in [5.41, 5.74) is 5.51. The molecule has 0 saturated carbocycles. The van der Waals surface area contributed by atoms with Gasteiger partial charge in [-0.2, -0.15) is 0 Å². The molecule has 1 atom stereocenters. The molecule has 4 heteroatoms. The molecule has 2 heterocycles. The average Bonchev–Trinajstić information content (AvgIpc) is 2.75. The van der Waals surface area contributed by atoms with Gasteiger partial charge in [-0.1, -0.05) is 0 Å². The molecule has 0 aromatic carbocycles. The lowest BCUT2D eigenvalue weighted by Gasteiger charge is -2.25. The molecule has 1 fully saturated rings. The van der Waals surface area contributed by atoms with Gasteiger partial charge < -0.3 is 10.6 Å². The number of nitrogens with two attached hydrogens (primary N) is 1. The van der Waals surface area contributed by atoms with E-state index in [1.54, 1.807) is 12.3 Å². The third-order valence-electron chi connectivity index (χ3n) is 3.13. The summed E-state index contributed by atoms with van der Waals surface area (Å²) in [6.07, 6.45) is 5.92. The minimum absolute atomic E-state index is 0.220. The van der Waals surface area contributed by atoms with Gasteiger partial charge in [0.1, 0.15) is 0 Å². The van der Waals surface area contributed by atoms with Crippen molar-refractivity contribution in [2.45, 2.75) is 31.7 Å². The fourth-order valence-electron chi connectivity index (χ4n) is 2.36. The van der Waals surface area contributed by atoms with E-state index in [1.165, 1.54) is 6.07 Å². The monoisotopic (exact) mass is 223 g/mol. The van der Waals surface area contributed by atoms with Gasteiger partial charge in [0.2, 0.25) is 0 Å². The van der Waals surface area contributed by atoms with Gasteiger partial charge in [0.05, 0.1) is 0 Å². The normalized spacial score (nSPS) is 20.4. The molecular formula is C12H18FN3. The Balaban J connectivity index is 2.10. The molecule has 0 amide bonds. The van der Waals surface area contributed by atoms with Gasteiger partial charge in [-0.25, -0.2) is 9.37 Å². The van der Waals surface area contributed by atoms with E-state index in [0.717, 1.165) is 32.2 Å². The van der Waals surface area contributed by atoms with Crippen LogP contribution in [0.1, 0.15) is 25.7 Å². The fourth-order valence-corrected chi connectivity index (χ4v) is 2.36. The molecule has 1 saturated heterocycles. The highest BCUT2D eigenvalue weighted by Gasteiger charge is 2.26. The van der Waals surface area contributed by atoms with E-state index in [-0.39, 0.29) is 5.82 Å². The number of hydrogen-bond donors (Lipinski definition) is 1. The quantitative estimate of drug-likeness (QED) is 0.848. The van der Waals surface area contributed by atoms with Crippen LogP contribution in [0.5, 0.6) is 0 Å². The Morgan fingerprint density at radius 3 is 3.19 bits per heavy atom. The molecule has 1 aromatic heterocycles. The standard InChI is InChI=1S/C12H18FN3/c13-11-6-2-8-15-12(11)16-9-3-5-10(16)4-1-7-14/h2,6,8,10H,1,3-5,7,9,14H2. The molecule has 1 aliphatic rings. The van der Waals surface area contributed by atoms with Crippen molar-refractivity contribution in [1.29, 1.82) is 0 Å². The summed E-state index contributed by atoms with van der Waals surface area (Å²) in [6, 6.07) is 3.51. The Hall–Kier alpha value is -1.16. The van der Waals surface area contributed by atoms with Crippen LogP contribution in [0.15, 0.2) is 18.3 Å². The lowest BCUT2D eigenvalue weighted by molar-refractivity contribution is 0.560. The Labute approximate surface area is 95.5 Å². The average molecular weight is 223 g/mol. The van der Waals surface area contributed by atoms with E-state index < -0.39 is 0 Å². The maximum absolute atomic E-state index is 13.6. The summed E-state index contributed by atoms with van der Waals surface area (Å²) < 4.78 is 13.6. The highest BCUT2D eigenvalue weighted by molar-refractivity contribution is 5.42. The van der Waals surface area contributed by atoms with Crippen molar-refractivity contribution in [3.8, 4) is 0 Å². The highest BCUT2D eigenvalue weighted by Crippen LogP contribution is 2.27. The number of anilines is 1. The first-order valence-corrected chi connectivity index (χ1v) is 5.90. The summed E-state index contributed by atoms with van der Waals surface area (Å²) in [6.45, 7) is 1.61. The van der Waals surface area contributed by atoms with E-state index in [9.17, 15) is 4.39 Å². The Bertz CT molecular complexity index is 343. The second-order valence-corrected chi connectivity index (χ2v) is 4.23. The van der Waals surface area contributed by atoms with E-state index in [0.29, 0.717) is 18.4 Å². The first-order valence-electron chi connectivity index (χ1n) is 5.90. The summed E-state index contributed by atoms with van der Waals surface area (Å²) >= 11 is 0. The molecule has 2 N–H and O–H groups in total. The first kappa shape index (κ1) is 11.3. The van der Waals surface area contributed by atoms with Crippen LogP contribution in [0.3, 0.4) is 0 Å². The lowest BCUT2D eigenvalue weighted by atomic mass is 10.1. The molecule has 1 unspecified atom stereocenters. The topological polar surface area (TPSA) is 42.1 Å². The SMILES string of the molecule is NCCCC1CCCN1c1ncccc1F. The zero-order chi connectivity index (χ0) is 11.4. The van der Waals surface area contributed by atoms with Crippen LogP contribution in [0.2, 0.25) is 0 Å². The van der Waals surface area contributed by atoms with Crippen molar-refractivity contribution in [2.24, 2.45) is 5.73 Å². The highest BCUT2D eigenvalue weighted by atomic mass is 19.1. The molecule has 3 nitrogen and oxygen atoms in total. The Morgan fingerprint density at radius 2 is 2.44 bits per heavy atom. The van der Waals surface area contributed by atoms with Crippen molar-refractivity contribution < 1.29 is 4.39 Å². The Morgan fingerprint density at radius 1 is 1.56 bits per heavy atom. The molecule has 0 bridgehead atoms. The summed E-state index contributed by atoms with van der Waals surface area (Å²) in [5.74, 6) is 0.282. The van der Waals surface area contributed by atoms with Crippen LogP contribution in [0, 0.1) is 5.82 Å². The smallest absolute Gasteiger partial charge is 0.165 e. The van der Waals surface area contributed by atoms with Crippen molar-refractivity contribution >= 4 is 5.82 Å². The third kappa shape index (κ3) is 2.32. The van der Waals surface area contributed by atoms with Gasteiger partial charge in [-0.05, 0) is 44.4 Å². The molecule has 1 aromatic rings. The van der Waals surface area contributed by atoms with Crippen LogP contribution in [0.25, 0.3) is 0 Å². The maximum atomic E-state index is 13.6. The van der Waals surface area contributed by atoms with Crippen molar-refractivity contribution in [2.75, 3.05) is 18.0 Å². The minimum atomic E-state index is -0.220. The second-order valence-electron chi connectivity index (χ2n) is 4.23. The Kier molecular flexibility index (Phi) is 3.72. The zero-order valence-electron chi connectivity index (χ0n) is 9.40. The van der Waals surface area contributed by atoms with Crippen molar-refractivity contribution in [3.63, 3.8) is 0 Å². The van der Waals surface area contributed by atoms with Crippen LogP contribution in [-0.2, 0) is 0 Å². The number of nitrogens with zero attached hydrogens (tertiary/aromatic N) is 2. The third-order valence-corrected chi connectivity index (χ3v) is 3.13. The zero-order valence-corrected chi connectivity index (χ0v) is 9.40. The maximum Gasteiger partial charge on any atom is 0.165 e. The van der Waals surface area contributed by atoms with Crippen molar-refractivity contribution in [1.82, 2.24) is 4.98 Å². The fraction of sp³-hybridized carbons (Fsp3) is 0.583. The number of aromatic nitrogens is 1. The molecule has 0 radical (unpaired) electrons. The molecule has 88 valence electrons. The van der Waals surface area contributed by atoms with Gasteiger partial charge >= 0.3 is 0 Å². The second kappa shape index (κ2) is 5.25. The summed E-state index contributed by atoms with van der Waals surface area (Å²) in [4.78, 5) is 6.23. The van der Waals surface area contributed by atoms with E-state index in [2.05, 4.69) is 9.88 Å². The van der Waals surface area contributed by atoms with Gasteiger partial charge in [0, 0.05) is 18.8 Å². The summed E-state index contributed by atoms with van der Waals surface area (Å²) in [7, 11) is 0. The van der Waals surface area contributed by atoms with Crippen LogP contribution in [-0.4, -0.2) is 24.1 Å². The predicted octanol–water partition coefficient (Wildman–Crippen LogP) is 1.93. The largest absolute Gasteiger partial charge is 0.351 e. The lowest BCUT2D eigenvalue weighted by Crippen LogP contribution is -2.31.